The Bertz CT molecular complexity index is 413. The molecule has 1 aromatic carbocycles. The van der Waals surface area contributed by atoms with E-state index in [1.54, 1.807) is 7.11 Å². The summed E-state index contributed by atoms with van der Waals surface area (Å²) in [5, 5.41) is 3.56. The van der Waals surface area contributed by atoms with Crippen molar-refractivity contribution in [3.8, 4) is 0 Å². The predicted octanol–water partition coefficient (Wildman–Crippen LogP) is 1.72. The Hall–Kier alpha value is -0.900. The SMILES string of the molecule is COC1(CNCC2Cc3ccccc32)CCOC1. The summed E-state index contributed by atoms with van der Waals surface area (Å²) in [6, 6.07) is 8.73. The second-order valence-electron chi connectivity index (χ2n) is 5.42. The molecule has 1 saturated heterocycles. The Morgan fingerprint density at radius 2 is 2.33 bits per heavy atom. The monoisotopic (exact) mass is 247 g/mol. The maximum Gasteiger partial charge on any atom is 0.106 e. The molecule has 0 radical (unpaired) electrons. The molecule has 1 heterocycles. The van der Waals surface area contributed by atoms with Crippen LogP contribution in [0, 0.1) is 0 Å². The van der Waals surface area contributed by atoms with Gasteiger partial charge in [-0.05, 0) is 17.5 Å². The molecule has 1 aromatic rings. The second-order valence-corrected chi connectivity index (χ2v) is 5.42. The van der Waals surface area contributed by atoms with E-state index in [0.717, 1.165) is 32.7 Å². The Labute approximate surface area is 108 Å². The first-order valence-corrected chi connectivity index (χ1v) is 6.74. The highest BCUT2D eigenvalue weighted by molar-refractivity contribution is 5.40. The van der Waals surface area contributed by atoms with Crippen LogP contribution < -0.4 is 5.32 Å². The van der Waals surface area contributed by atoms with E-state index in [-0.39, 0.29) is 5.60 Å². The topological polar surface area (TPSA) is 30.5 Å². The normalized spacial score (nSPS) is 29.9. The Balaban J connectivity index is 1.49. The first kappa shape index (κ1) is 12.2. The third-order valence-corrected chi connectivity index (χ3v) is 4.30. The van der Waals surface area contributed by atoms with Crippen LogP contribution >= 0.6 is 0 Å². The minimum absolute atomic E-state index is 0.0940. The van der Waals surface area contributed by atoms with E-state index >= 15 is 0 Å². The van der Waals surface area contributed by atoms with E-state index in [2.05, 4.69) is 29.6 Å². The van der Waals surface area contributed by atoms with Gasteiger partial charge in [0.1, 0.15) is 5.60 Å². The summed E-state index contributed by atoms with van der Waals surface area (Å²) in [6.07, 6.45) is 2.21. The molecule has 98 valence electrons. The fraction of sp³-hybridized carbons (Fsp3) is 0.600. The number of ether oxygens (including phenoxy) is 2. The Kier molecular flexibility index (Phi) is 3.37. The molecule has 0 spiro atoms. The second kappa shape index (κ2) is 5.00. The number of methoxy groups -OCH3 is 1. The van der Waals surface area contributed by atoms with Crippen LogP contribution in [0.15, 0.2) is 24.3 Å². The molecule has 1 N–H and O–H groups in total. The zero-order valence-electron chi connectivity index (χ0n) is 10.9. The lowest BCUT2D eigenvalue weighted by atomic mass is 9.77. The molecule has 1 fully saturated rings. The van der Waals surface area contributed by atoms with E-state index in [9.17, 15) is 0 Å². The molecular formula is C15H21NO2. The van der Waals surface area contributed by atoms with E-state index in [4.69, 9.17) is 9.47 Å². The van der Waals surface area contributed by atoms with Crippen molar-refractivity contribution >= 4 is 0 Å². The molecule has 3 heteroatoms. The summed E-state index contributed by atoms with van der Waals surface area (Å²) in [4.78, 5) is 0. The first-order chi connectivity index (χ1) is 8.83. The zero-order chi connectivity index (χ0) is 12.4. The highest BCUT2D eigenvalue weighted by atomic mass is 16.5. The molecule has 2 aliphatic rings. The van der Waals surface area contributed by atoms with Crippen LogP contribution in [0.4, 0.5) is 0 Å². The number of benzene rings is 1. The van der Waals surface area contributed by atoms with Crippen LogP contribution in [0.25, 0.3) is 0 Å². The summed E-state index contributed by atoms with van der Waals surface area (Å²) in [6.45, 7) is 3.48. The van der Waals surface area contributed by atoms with Gasteiger partial charge in [-0.25, -0.2) is 0 Å². The minimum Gasteiger partial charge on any atom is -0.378 e. The summed E-state index contributed by atoms with van der Waals surface area (Å²) in [5.74, 6) is 0.678. The minimum atomic E-state index is -0.0940. The molecule has 0 amide bonds. The molecule has 1 aliphatic carbocycles. The molecule has 2 unspecified atom stereocenters. The van der Waals surface area contributed by atoms with E-state index < -0.39 is 0 Å². The van der Waals surface area contributed by atoms with Gasteiger partial charge in [0, 0.05) is 39.1 Å². The zero-order valence-corrected chi connectivity index (χ0v) is 10.9. The van der Waals surface area contributed by atoms with Gasteiger partial charge in [-0.3, -0.25) is 0 Å². The smallest absolute Gasteiger partial charge is 0.106 e. The van der Waals surface area contributed by atoms with Crippen molar-refractivity contribution in [2.45, 2.75) is 24.4 Å². The maximum atomic E-state index is 5.61. The molecule has 3 nitrogen and oxygen atoms in total. The third kappa shape index (κ3) is 2.18. The highest BCUT2D eigenvalue weighted by Crippen LogP contribution is 2.34. The lowest BCUT2D eigenvalue weighted by molar-refractivity contribution is -0.0158. The molecule has 0 bridgehead atoms. The van der Waals surface area contributed by atoms with Gasteiger partial charge in [0.15, 0.2) is 0 Å². The van der Waals surface area contributed by atoms with Crippen molar-refractivity contribution in [2.75, 3.05) is 33.4 Å². The van der Waals surface area contributed by atoms with E-state index in [1.807, 2.05) is 0 Å². The summed E-state index contributed by atoms with van der Waals surface area (Å²) in [5.41, 5.74) is 2.93. The van der Waals surface area contributed by atoms with Gasteiger partial charge in [-0.1, -0.05) is 24.3 Å². The van der Waals surface area contributed by atoms with E-state index in [0.29, 0.717) is 5.92 Å². The molecule has 0 saturated carbocycles. The Morgan fingerprint density at radius 3 is 3.06 bits per heavy atom. The van der Waals surface area contributed by atoms with Crippen LogP contribution in [0.1, 0.15) is 23.5 Å². The molecule has 0 aromatic heterocycles. The van der Waals surface area contributed by atoms with Gasteiger partial charge in [-0.2, -0.15) is 0 Å². The van der Waals surface area contributed by atoms with Crippen molar-refractivity contribution in [1.29, 1.82) is 0 Å². The predicted molar refractivity (Wildman–Crippen MR) is 70.9 cm³/mol. The maximum absolute atomic E-state index is 5.61. The van der Waals surface area contributed by atoms with Crippen molar-refractivity contribution in [3.63, 3.8) is 0 Å². The van der Waals surface area contributed by atoms with Crippen LogP contribution in [0.5, 0.6) is 0 Å². The van der Waals surface area contributed by atoms with Crippen LogP contribution in [0.2, 0.25) is 0 Å². The van der Waals surface area contributed by atoms with Crippen molar-refractivity contribution < 1.29 is 9.47 Å². The fourth-order valence-corrected chi connectivity index (χ4v) is 2.98. The van der Waals surface area contributed by atoms with Gasteiger partial charge < -0.3 is 14.8 Å². The van der Waals surface area contributed by atoms with Crippen molar-refractivity contribution in [2.24, 2.45) is 0 Å². The highest BCUT2D eigenvalue weighted by Gasteiger charge is 2.35. The molecule has 1 aliphatic heterocycles. The quantitative estimate of drug-likeness (QED) is 0.859. The average Bonchev–Trinajstić information content (AvgIpc) is 2.84. The van der Waals surface area contributed by atoms with Crippen LogP contribution in [-0.4, -0.2) is 39.0 Å². The van der Waals surface area contributed by atoms with Crippen molar-refractivity contribution in [1.82, 2.24) is 5.32 Å². The van der Waals surface area contributed by atoms with Crippen LogP contribution in [0.3, 0.4) is 0 Å². The summed E-state index contributed by atoms with van der Waals surface area (Å²) in [7, 11) is 1.79. The number of nitrogens with one attached hydrogen (secondary N) is 1. The van der Waals surface area contributed by atoms with Crippen LogP contribution in [-0.2, 0) is 15.9 Å². The number of rotatable bonds is 5. The first-order valence-electron chi connectivity index (χ1n) is 6.74. The number of hydrogen-bond acceptors (Lipinski definition) is 3. The fourth-order valence-electron chi connectivity index (χ4n) is 2.98. The van der Waals surface area contributed by atoms with Crippen molar-refractivity contribution in [3.05, 3.63) is 35.4 Å². The van der Waals surface area contributed by atoms with Gasteiger partial charge >= 0.3 is 0 Å². The molecule has 3 rings (SSSR count). The summed E-state index contributed by atoms with van der Waals surface area (Å²) >= 11 is 0. The largest absolute Gasteiger partial charge is 0.378 e. The summed E-state index contributed by atoms with van der Waals surface area (Å²) < 4.78 is 11.1. The molecule has 18 heavy (non-hydrogen) atoms. The van der Waals surface area contributed by atoms with Gasteiger partial charge in [0.05, 0.1) is 6.61 Å². The van der Waals surface area contributed by atoms with E-state index in [1.165, 1.54) is 17.5 Å². The van der Waals surface area contributed by atoms with Gasteiger partial charge in [0.25, 0.3) is 0 Å². The lowest BCUT2D eigenvalue weighted by Gasteiger charge is -2.32. The molecular weight excluding hydrogens is 226 g/mol. The third-order valence-electron chi connectivity index (χ3n) is 4.30. The average molecular weight is 247 g/mol. The number of fused-ring (bicyclic) bond motifs is 1. The Morgan fingerprint density at radius 1 is 1.44 bits per heavy atom. The standard InChI is InChI=1S/C15H21NO2/c1-17-15(6-7-18-11-15)10-16-9-13-8-12-4-2-3-5-14(12)13/h2-5,13,16H,6-11H2,1H3. The lowest BCUT2D eigenvalue weighted by Crippen LogP contribution is -2.44. The molecule has 2 atom stereocenters. The number of hydrogen-bond donors (Lipinski definition) is 1. The van der Waals surface area contributed by atoms with Gasteiger partial charge in [0.2, 0.25) is 0 Å². The van der Waals surface area contributed by atoms with Gasteiger partial charge in [-0.15, -0.1) is 0 Å².